The van der Waals surface area contributed by atoms with Crippen LogP contribution in [0.15, 0.2) is 0 Å². The molecule has 3 saturated carbocycles. The van der Waals surface area contributed by atoms with Gasteiger partial charge >= 0.3 is 5.97 Å². The Kier molecular flexibility index (Phi) is 3.51. The van der Waals surface area contributed by atoms with Crippen molar-refractivity contribution in [2.75, 3.05) is 0 Å². The Bertz CT molecular complexity index is 445. The van der Waals surface area contributed by atoms with E-state index < -0.39 is 5.41 Å². The number of ketones is 1. The molecule has 0 aromatic rings. The van der Waals surface area contributed by atoms with Gasteiger partial charge in [0.2, 0.25) is 0 Å². The number of halogens is 1. The molecule has 2 bridgehead atoms. The van der Waals surface area contributed by atoms with Crippen molar-refractivity contribution in [2.24, 2.45) is 16.7 Å². The molecule has 20 heavy (non-hydrogen) atoms. The normalized spacial score (nSPS) is 42.8. The van der Waals surface area contributed by atoms with E-state index in [0.717, 1.165) is 25.7 Å². The second-order valence-electron chi connectivity index (χ2n) is 7.23. The van der Waals surface area contributed by atoms with Crippen LogP contribution in [0.3, 0.4) is 0 Å². The van der Waals surface area contributed by atoms with Crippen LogP contribution in [0.5, 0.6) is 0 Å². The molecule has 0 aliphatic heterocycles. The van der Waals surface area contributed by atoms with Crippen LogP contribution in [0.1, 0.15) is 58.8 Å². The third kappa shape index (κ3) is 1.83. The molecular weight excluding hydrogens is 320 g/mol. The van der Waals surface area contributed by atoms with E-state index in [1.807, 2.05) is 0 Å². The van der Waals surface area contributed by atoms with E-state index >= 15 is 0 Å². The zero-order valence-electron chi connectivity index (χ0n) is 12.3. The van der Waals surface area contributed by atoms with Gasteiger partial charge in [0, 0.05) is 6.42 Å². The lowest BCUT2D eigenvalue weighted by Gasteiger charge is -2.36. The SMILES string of the molecule is CC1(C)C2CCC1(C(=O)OC1CCCCC1Br)C(=O)C2. The molecule has 4 heteroatoms. The zero-order valence-corrected chi connectivity index (χ0v) is 13.9. The van der Waals surface area contributed by atoms with E-state index in [2.05, 4.69) is 29.8 Å². The van der Waals surface area contributed by atoms with Gasteiger partial charge in [-0.2, -0.15) is 0 Å². The van der Waals surface area contributed by atoms with Crippen molar-refractivity contribution >= 4 is 27.7 Å². The number of alkyl halides is 1. The molecule has 112 valence electrons. The largest absolute Gasteiger partial charge is 0.460 e. The van der Waals surface area contributed by atoms with Crippen molar-refractivity contribution < 1.29 is 14.3 Å². The lowest BCUT2D eigenvalue weighted by molar-refractivity contribution is -0.170. The number of carbonyl (C=O) groups is 2. The first-order valence-electron chi connectivity index (χ1n) is 7.78. The first kappa shape index (κ1) is 14.6. The van der Waals surface area contributed by atoms with Crippen LogP contribution in [0.4, 0.5) is 0 Å². The second kappa shape index (κ2) is 4.82. The summed E-state index contributed by atoms with van der Waals surface area (Å²) in [7, 11) is 0. The monoisotopic (exact) mass is 342 g/mol. The van der Waals surface area contributed by atoms with Gasteiger partial charge in [-0.25, -0.2) is 0 Å². The topological polar surface area (TPSA) is 43.4 Å². The van der Waals surface area contributed by atoms with Crippen molar-refractivity contribution in [3.8, 4) is 0 Å². The summed E-state index contributed by atoms with van der Waals surface area (Å²) in [5.41, 5.74) is -1.10. The number of carbonyl (C=O) groups excluding carboxylic acids is 2. The van der Waals surface area contributed by atoms with Crippen LogP contribution < -0.4 is 0 Å². The molecule has 0 spiro atoms. The fourth-order valence-corrected chi connectivity index (χ4v) is 5.27. The molecule has 0 amide bonds. The lowest BCUT2D eigenvalue weighted by Crippen LogP contribution is -2.47. The maximum atomic E-state index is 12.8. The van der Waals surface area contributed by atoms with Crippen molar-refractivity contribution in [1.29, 1.82) is 0 Å². The Morgan fingerprint density at radius 2 is 1.95 bits per heavy atom. The van der Waals surface area contributed by atoms with Crippen LogP contribution in [-0.4, -0.2) is 22.7 Å². The summed E-state index contributed by atoms with van der Waals surface area (Å²) in [6, 6.07) is 0. The van der Waals surface area contributed by atoms with Gasteiger partial charge in [-0.3, -0.25) is 9.59 Å². The summed E-state index contributed by atoms with van der Waals surface area (Å²) in [6.07, 6.45) is 6.41. The molecule has 3 aliphatic rings. The van der Waals surface area contributed by atoms with Crippen LogP contribution in [0, 0.1) is 16.7 Å². The number of hydrogen-bond acceptors (Lipinski definition) is 3. The quantitative estimate of drug-likeness (QED) is 0.437. The predicted octanol–water partition coefficient (Wildman–Crippen LogP) is 3.63. The van der Waals surface area contributed by atoms with Gasteiger partial charge < -0.3 is 4.74 Å². The molecule has 3 fully saturated rings. The van der Waals surface area contributed by atoms with E-state index in [9.17, 15) is 9.59 Å². The molecule has 0 N–H and O–H groups in total. The molecule has 0 aromatic heterocycles. The third-order valence-electron chi connectivity index (χ3n) is 6.13. The zero-order chi connectivity index (χ0) is 14.5. The number of ether oxygens (including phenoxy) is 1. The Balaban J connectivity index is 1.81. The average Bonchev–Trinajstić information content (AvgIpc) is 2.76. The number of rotatable bonds is 2. The van der Waals surface area contributed by atoms with E-state index in [1.165, 1.54) is 6.42 Å². The average molecular weight is 343 g/mol. The number of Topliss-reactive ketones (excluding diaryl/α,β-unsaturated/α-hetero) is 1. The lowest BCUT2D eigenvalue weighted by atomic mass is 9.69. The smallest absolute Gasteiger partial charge is 0.320 e. The molecule has 0 radical (unpaired) electrons. The minimum Gasteiger partial charge on any atom is -0.460 e. The van der Waals surface area contributed by atoms with Crippen molar-refractivity contribution in [3.63, 3.8) is 0 Å². The first-order chi connectivity index (χ1) is 9.39. The van der Waals surface area contributed by atoms with Gasteiger partial charge in [0.15, 0.2) is 5.78 Å². The van der Waals surface area contributed by atoms with Crippen molar-refractivity contribution in [1.82, 2.24) is 0 Å². The van der Waals surface area contributed by atoms with Crippen molar-refractivity contribution in [3.05, 3.63) is 0 Å². The molecule has 4 atom stereocenters. The van der Waals surface area contributed by atoms with Gasteiger partial charge in [0.1, 0.15) is 11.5 Å². The fourth-order valence-electron chi connectivity index (χ4n) is 4.58. The molecule has 0 aromatic carbocycles. The maximum absolute atomic E-state index is 12.8. The van der Waals surface area contributed by atoms with Crippen LogP contribution in [0.25, 0.3) is 0 Å². The minimum absolute atomic E-state index is 0.0612. The number of hydrogen-bond donors (Lipinski definition) is 0. The highest BCUT2D eigenvalue weighted by Crippen LogP contribution is 2.64. The Labute approximate surface area is 129 Å². The molecule has 0 saturated heterocycles. The van der Waals surface area contributed by atoms with Gasteiger partial charge in [-0.15, -0.1) is 0 Å². The van der Waals surface area contributed by atoms with Gasteiger partial charge in [-0.1, -0.05) is 36.2 Å². The van der Waals surface area contributed by atoms with E-state index in [1.54, 1.807) is 0 Å². The van der Waals surface area contributed by atoms with Gasteiger partial charge in [0.25, 0.3) is 0 Å². The summed E-state index contributed by atoms with van der Waals surface area (Å²) in [5, 5.41) is 0. The fraction of sp³-hybridized carbons (Fsp3) is 0.875. The maximum Gasteiger partial charge on any atom is 0.320 e. The first-order valence-corrected chi connectivity index (χ1v) is 8.69. The summed E-state index contributed by atoms with van der Waals surface area (Å²) in [5.74, 6) is 0.225. The third-order valence-corrected chi connectivity index (χ3v) is 7.17. The summed E-state index contributed by atoms with van der Waals surface area (Å²) < 4.78 is 5.81. The van der Waals surface area contributed by atoms with E-state index in [0.29, 0.717) is 18.8 Å². The molecule has 0 heterocycles. The molecular formula is C16H23BrO3. The minimum atomic E-state index is -0.859. The van der Waals surface area contributed by atoms with Crippen molar-refractivity contribution in [2.45, 2.75) is 69.7 Å². The predicted molar refractivity (Wildman–Crippen MR) is 79.6 cm³/mol. The summed E-state index contributed by atoms with van der Waals surface area (Å²) in [4.78, 5) is 25.5. The standard InChI is InChI=1S/C16H23BrO3/c1-15(2)10-7-8-16(15,13(18)9-10)14(19)20-12-6-4-3-5-11(12)17/h10-12H,3-9H2,1-2H3. The van der Waals surface area contributed by atoms with Crippen LogP contribution >= 0.6 is 15.9 Å². The highest BCUT2D eigenvalue weighted by Gasteiger charge is 2.69. The van der Waals surface area contributed by atoms with Gasteiger partial charge in [0.05, 0.1) is 4.83 Å². The van der Waals surface area contributed by atoms with E-state index in [-0.39, 0.29) is 28.1 Å². The molecule has 3 nitrogen and oxygen atoms in total. The van der Waals surface area contributed by atoms with Gasteiger partial charge in [-0.05, 0) is 43.4 Å². The van der Waals surface area contributed by atoms with Crippen LogP contribution in [-0.2, 0) is 14.3 Å². The molecule has 3 rings (SSSR count). The Morgan fingerprint density at radius 3 is 2.50 bits per heavy atom. The second-order valence-corrected chi connectivity index (χ2v) is 8.41. The molecule has 3 aliphatic carbocycles. The number of esters is 1. The Hall–Kier alpha value is -0.380. The highest BCUT2D eigenvalue weighted by molar-refractivity contribution is 9.09. The summed E-state index contributed by atoms with van der Waals surface area (Å²) >= 11 is 3.62. The summed E-state index contributed by atoms with van der Waals surface area (Å²) in [6.45, 7) is 4.15. The van der Waals surface area contributed by atoms with E-state index in [4.69, 9.17) is 4.74 Å². The Morgan fingerprint density at radius 1 is 1.25 bits per heavy atom. The highest BCUT2D eigenvalue weighted by atomic mass is 79.9. The van der Waals surface area contributed by atoms with Crippen LogP contribution in [0.2, 0.25) is 0 Å². The number of fused-ring (bicyclic) bond motifs is 2. The molecule has 4 unspecified atom stereocenters.